The lowest BCUT2D eigenvalue weighted by Crippen LogP contribution is -2.21. The Bertz CT molecular complexity index is 703. The number of hydrogen-bond acceptors (Lipinski definition) is 6. The van der Waals surface area contributed by atoms with E-state index in [1.165, 1.54) is 4.88 Å². The number of amidine groups is 1. The van der Waals surface area contributed by atoms with Crippen LogP contribution in [-0.2, 0) is 6.42 Å². The van der Waals surface area contributed by atoms with Gasteiger partial charge in [0.15, 0.2) is 5.84 Å². The van der Waals surface area contributed by atoms with E-state index in [1.54, 1.807) is 23.5 Å². The van der Waals surface area contributed by atoms with E-state index in [-0.39, 0.29) is 11.5 Å². The van der Waals surface area contributed by atoms with Gasteiger partial charge in [-0.05, 0) is 23.6 Å². The highest BCUT2D eigenvalue weighted by atomic mass is 32.1. The van der Waals surface area contributed by atoms with Gasteiger partial charge in [0.2, 0.25) is 5.71 Å². The zero-order valence-electron chi connectivity index (χ0n) is 11.7. The van der Waals surface area contributed by atoms with Crippen LogP contribution in [0, 0.1) is 16.7 Å². The fourth-order valence-electron chi connectivity index (χ4n) is 1.66. The summed E-state index contributed by atoms with van der Waals surface area (Å²) < 4.78 is 5.74. The van der Waals surface area contributed by atoms with E-state index in [0.717, 1.165) is 6.42 Å². The second-order valence-electron chi connectivity index (χ2n) is 4.27. The van der Waals surface area contributed by atoms with Crippen LogP contribution in [0.25, 0.3) is 0 Å². The number of nitriles is 1. The van der Waals surface area contributed by atoms with Gasteiger partial charge >= 0.3 is 0 Å². The zero-order chi connectivity index (χ0) is 15.8. The van der Waals surface area contributed by atoms with Crippen LogP contribution >= 0.6 is 11.3 Å². The lowest BCUT2D eigenvalue weighted by atomic mass is 10.3. The molecule has 1 heterocycles. The molecule has 4 N–H and O–H groups in total. The van der Waals surface area contributed by atoms with Crippen LogP contribution in [0.4, 0.5) is 5.69 Å². The molecule has 7 heteroatoms. The van der Waals surface area contributed by atoms with Crippen molar-refractivity contribution in [1.82, 2.24) is 0 Å². The second-order valence-corrected chi connectivity index (χ2v) is 5.30. The molecule has 2 aromatic rings. The molecule has 0 spiro atoms. The van der Waals surface area contributed by atoms with Crippen molar-refractivity contribution in [3.8, 4) is 11.8 Å². The number of benzene rings is 1. The standard InChI is InChI=1S/C15H15N5OS/c16-10-13(15(17)18)20-19-12-5-1-2-6-14(12)21-8-7-11-4-3-9-22-11/h1-6,9,19H,7-8H2,(H3,17,18)/b20-13+. The minimum absolute atomic E-state index is 0.173. The summed E-state index contributed by atoms with van der Waals surface area (Å²) in [5.74, 6) is 0.245. The zero-order valence-corrected chi connectivity index (χ0v) is 12.6. The van der Waals surface area contributed by atoms with Crippen LogP contribution in [-0.4, -0.2) is 18.2 Å². The molecule has 22 heavy (non-hydrogen) atoms. The van der Waals surface area contributed by atoms with Crippen molar-refractivity contribution in [2.45, 2.75) is 6.42 Å². The Morgan fingerprint density at radius 2 is 2.18 bits per heavy atom. The second kappa shape index (κ2) is 7.81. The summed E-state index contributed by atoms with van der Waals surface area (Å²) in [7, 11) is 0. The molecular formula is C15H15N5OS. The molecule has 1 aromatic carbocycles. The molecular weight excluding hydrogens is 298 g/mol. The van der Waals surface area contributed by atoms with Gasteiger partial charge in [0.1, 0.15) is 11.8 Å². The van der Waals surface area contributed by atoms with E-state index < -0.39 is 0 Å². The van der Waals surface area contributed by atoms with E-state index in [4.69, 9.17) is 21.1 Å². The quantitative estimate of drug-likeness (QED) is 0.415. The number of hydrogen-bond donors (Lipinski definition) is 3. The lowest BCUT2D eigenvalue weighted by Gasteiger charge is -2.10. The van der Waals surface area contributed by atoms with Crippen LogP contribution in [0.2, 0.25) is 0 Å². The fourth-order valence-corrected chi connectivity index (χ4v) is 2.35. The van der Waals surface area contributed by atoms with Gasteiger partial charge in [0, 0.05) is 11.3 Å². The van der Waals surface area contributed by atoms with Crippen molar-refractivity contribution >= 4 is 28.6 Å². The Morgan fingerprint density at radius 3 is 2.86 bits per heavy atom. The predicted octanol–water partition coefficient (Wildman–Crippen LogP) is 2.60. The summed E-state index contributed by atoms with van der Waals surface area (Å²) in [6.07, 6.45) is 0.826. The molecule has 0 saturated heterocycles. The van der Waals surface area contributed by atoms with Crippen LogP contribution in [0.15, 0.2) is 46.9 Å². The van der Waals surface area contributed by atoms with Crippen molar-refractivity contribution < 1.29 is 4.74 Å². The van der Waals surface area contributed by atoms with Crippen molar-refractivity contribution in [3.63, 3.8) is 0 Å². The summed E-state index contributed by atoms with van der Waals surface area (Å²) in [5.41, 5.74) is 8.40. The molecule has 0 aliphatic rings. The van der Waals surface area contributed by atoms with E-state index in [9.17, 15) is 0 Å². The van der Waals surface area contributed by atoms with Gasteiger partial charge in [-0.2, -0.15) is 10.4 Å². The molecule has 0 aliphatic carbocycles. The number of para-hydroxylation sites is 2. The third kappa shape index (κ3) is 4.33. The largest absolute Gasteiger partial charge is 0.491 e. The normalized spacial score (nSPS) is 10.8. The number of hydrazone groups is 1. The summed E-state index contributed by atoms with van der Waals surface area (Å²) >= 11 is 1.69. The number of thiophene rings is 1. The maximum absolute atomic E-state index is 8.82. The third-order valence-corrected chi connectivity index (χ3v) is 3.66. The first-order valence-corrected chi connectivity index (χ1v) is 7.41. The summed E-state index contributed by atoms with van der Waals surface area (Å²) in [4.78, 5) is 1.26. The molecule has 0 radical (unpaired) electrons. The molecule has 2 rings (SSSR count). The average Bonchev–Trinajstić information content (AvgIpc) is 3.02. The molecule has 0 saturated carbocycles. The maximum Gasteiger partial charge on any atom is 0.201 e. The van der Waals surface area contributed by atoms with E-state index in [1.807, 2.05) is 29.6 Å². The highest BCUT2D eigenvalue weighted by molar-refractivity contribution is 7.09. The highest BCUT2D eigenvalue weighted by Gasteiger charge is 2.05. The Balaban J connectivity index is 2.00. The molecule has 0 unspecified atom stereocenters. The van der Waals surface area contributed by atoms with Gasteiger partial charge in [0.05, 0.1) is 12.3 Å². The molecule has 0 bridgehead atoms. The number of ether oxygens (including phenoxy) is 1. The van der Waals surface area contributed by atoms with E-state index >= 15 is 0 Å². The molecule has 0 aliphatic heterocycles. The van der Waals surface area contributed by atoms with Crippen LogP contribution in [0.1, 0.15) is 4.88 Å². The topological polar surface area (TPSA) is 107 Å². The highest BCUT2D eigenvalue weighted by Crippen LogP contribution is 2.24. The van der Waals surface area contributed by atoms with Crippen LogP contribution in [0.5, 0.6) is 5.75 Å². The van der Waals surface area contributed by atoms with Gasteiger partial charge in [-0.3, -0.25) is 10.8 Å². The van der Waals surface area contributed by atoms with Crippen molar-refractivity contribution in [3.05, 3.63) is 46.7 Å². The summed E-state index contributed by atoms with van der Waals surface area (Å²) in [6, 6.07) is 13.1. The first-order chi connectivity index (χ1) is 10.7. The summed E-state index contributed by atoms with van der Waals surface area (Å²) in [6.45, 7) is 0.542. The summed E-state index contributed by atoms with van der Waals surface area (Å²) in [5, 5.41) is 21.9. The lowest BCUT2D eigenvalue weighted by molar-refractivity contribution is 0.324. The van der Waals surface area contributed by atoms with Gasteiger partial charge < -0.3 is 10.5 Å². The first kappa shape index (κ1) is 15.5. The Kier molecular flexibility index (Phi) is 5.51. The molecule has 6 nitrogen and oxygen atoms in total. The number of nitrogens with one attached hydrogen (secondary N) is 2. The molecule has 0 fully saturated rings. The smallest absolute Gasteiger partial charge is 0.201 e. The van der Waals surface area contributed by atoms with Crippen molar-refractivity contribution in [1.29, 1.82) is 10.7 Å². The van der Waals surface area contributed by atoms with E-state index in [2.05, 4.69) is 16.6 Å². The Morgan fingerprint density at radius 1 is 1.36 bits per heavy atom. The predicted molar refractivity (Wildman–Crippen MR) is 88.5 cm³/mol. The first-order valence-electron chi connectivity index (χ1n) is 6.53. The average molecular weight is 313 g/mol. The monoisotopic (exact) mass is 313 g/mol. The van der Waals surface area contributed by atoms with E-state index in [0.29, 0.717) is 18.0 Å². The molecule has 0 amide bonds. The minimum Gasteiger partial charge on any atom is -0.491 e. The number of nitrogens with two attached hydrogens (primary N) is 1. The van der Waals surface area contributed by atoms with Crippen molar-refractivity contribution in [2.24, 2.45) is 10.8 Å². The molecule has 0 atom stereocenters. The fraction of sp³-hybridized carbons (Fsp3) is 0.133. The van der Waals surface area contributed by atoms with Crippen LogP contribution < -0.4 is 15.9 Å². The molecule has 112 valence electrons. The van der Waals surface area contributed by atoms with Gasteiger partial charge in [0.25, 0.3) is 0 Å². The van der Waals surface area contributed by atoms with Gasteiger partial charge in [-0.1, -0.05) is 18.2 Å². The third-order valence-electron chi connectivity index (χ3n) is 2.72. The maximum atomic E-state index is 8.82. The number of anilines is 1. The minimum atomic E-state index is -0.383. The van der Waals surface area contributed by atoms with Gasteiger partial charge in [-0.15, -0.1) is 11.3 Å². The number of nitrogens with zero attached hydrogens (tertiary/aromatic N) is 2. The van der Waals surface area contributed by atoms with Crippen molar-refractivity contribution in [2.75, 3.05) is 12.0 Å². The number of rotatable bonds is 7. The Labute approximate surface area is 132 Å². The van der Waals surface area contributed by atoms with Gasteiger partial charge in [-0.25, -0.2) is 0 Å². The SMILES string of the molecule is N#C/C(=N\Nc1ccccc1OCCc1cccs1)C(=N)N. The molecule has 1 aromatic heterocycles. The van der Waals surface area contributed by atoms with Crippen LogP contribution in [0.3, 0.4) is 0 Å². The Hall–Kier alpha value is -2.85.